The van der Waals surface area contributed by atoms with E-state index in [1.807, 2.05) is 22.4 Å². The number of rotatable bonds is 6. The largest absolute Gasteiger partial charge is 0.378 e. The predicted octanol–water partition coefficient (Wildman–Crippen LogP) is 3.54. The summed E-state index contributed by atoms with van der Waals surface area (Å²) in [6, 6.07) is 12.5. The van der Waals surface area contributed by atoms with Gasteiger partial charge < -0.3 is 9.64 Å². The fraction of sp³-hybridized carbons (Fsp3) is 0.421. The summed E-state index contributed by atoms with van der Waals surface area (Å²) >= 11 is 1.65. The lowest BCUT2D eigenvalue weighted by Gasteiger charge is -2.32. The van der Waals surface area contributed by atoms with Crippen molar-refractivity contribution in [3.8, 4) is 0 Å². The molecule has 1 amide bonds. The zero-order valence-electron chi connectivity index (χ0n) is 13.3. The Balaban J connectivity index is 1.36. The van der Waals surface area contributed by atoms with Crippen LogP contribution in [0.1, 0.15) is 24.0 Å². The summed E-state index contributed by atoms with van der Waals surface area (Å²) in [5.74, 6) is 0.242. The molecule has 23 heavy (non-hydrogen) atoms. The average Bonchev–Trinajstić information content (AvgIpc) is 3.09. The van der Waals surface area contributed by atoms with Gasteiger partial charge in [0, 0.05) is 13.1 Å². The fourth-order valence-electron chi connectivity index (χ4n) is 2.94. The Hall–Kier alpha value is -1.65. The quantitative estimate of drug-likeness (QED) is 0.811. The number of benzene rings is 1. The number of ether oxygens (including phenoxy) is 1. The molecule has 1 fully saturated rings. The molecule has 0 bridgehead atoms. The molecule has 3 rings (SSSR count). The molecular weight excluding hydrogens is 306 g/mol. The predicted molar refractivity (Wildman–Crippen MR) is 93.7 cm³/mol. The van der Waals surface area contributed by atoms with E-state index < -0.39 is 0 Å². The second kappa shape index (κ2) is 8.27. The van der Waals surface area contributed by atoms with Crippen molar-refractivity contribution in [1.29, 1.82) is 0 Å². The van der Waals surface area contributed by atoms with E-state index in [0.717, 1.165) is 44.5 Å². The molecule has 0 aliphatic carbocycles. The van der Waals surface area contributed by atoms with Crippen molar-refractivity contribution < 1.29 is 9.53 Å². The van der Waals surface area contributed by atoms with Gasteiger partial charge in [-0.3, -0.25) is 4.79 Å². The minimum atomic E-state index is 0.242. The Morgan fingerprint density at radius 2 is 1.91 bits per heavy atom. The van der Waals surface area contributed by atoms with Crippen LogP contribution in [0.2, 0.25) is 0 Å². The van der Waals surface area contributed by atoms with Gasteiger partial charge in [-0.05, 0) is 47.2 Å². The van der Waals surface area contributed by atoms with Crippen LogP contribution in [0.15, 0.2) is 47.2 Å². The van der Waals surface area contributed by atoms with Crippen molar-refractivity contribution in [2.45, 2.75) is 31.8 Å². The summed E-state index contributed by atoms with van der Waals surface area (Å²) in [7, 11) is 0. The highest BCUT2D eigenvalue weighted by Crippen LogP contribution is 2.16. The summed E-state index contributed by atoms with van der Waals surface area (Å²) in [5, 5.41) is 4.08. The fourth-order valence-corrected chi connectivity index (χ4v) is 3.61. The molecule has 0 saturated carbocycles. The topological polar surface area (TPSA) is 29.5 Å². The SMILES string of the molecule is O=C(Cc1ccsc1)N1CCC(OCCc2ccccc2)CC1. The van der Waals surface area contributed by atoms with Gasteiger partial charge >= 0.3 is 0 Å². The maximum Gasteiger partial charge on any atom is 0.227 e. The molecule has 122 valence electrons. The van der Waals surface area contributed by atoms with Crippen LogP contribution >= 0.6 is 11.3 Å². The summed E-state index contributed by atoms with van der Waals surface area (Å²) in [4.78, 5) is 14.2. The summed E-state index contributed by atoms with van der Waals surface area (Å²) < 4.78 is 5.98. The molecule has 1 aromatic heterocycles. The van der Waals surface area contributed by atoms with Crippen molar-refractivity contribution in [3.05, 3.63) is 58.3 Å². The first-order valence-corrected chi connectivity index (χ1v) is 9.20. The van der Waals surface area contributed by atoms with Crippen LogP contribution in [0.4, 0.5) is 0 Å². The molecule has 1 aliphatic heterocycles. The van der Waals surface area contributed by atoms with Crippen molar-refractivity contribution in [2.24, 2.45) is 0 Å². The Morgan fingerprint density at radius 1 is 1.13 bits per heavy atom. The number of carbonyl (C=O) groups excluding carboxylic acids is 1. The Kier molecular flexibility index (Phi) is 5.83. The number of hydrogen-bond acceptors (Lipinski definition) is 3. The molecule has 1 saturated heterocycles. The summed E-state index contributed by atoms with van der Waals surface area (Å²) in [6.07, 6.45) is 3.68. The number of carbonyl (C=O) groups is 1. The van der Waals surface area contributed by atoms with E-state index in [0.29, 0.717) is 12.5 Å². The molecule has 1 aliphatic rings. The minimum Gasteiger partial charge on any atom is -0.378 e. The van der Waals surface area contributed by atoms with Crippen LogP contribution in [-0.2, 0) is 22.4 Å². The van der Waals surface area contributed by atoms with E-state index in [9.17, 15) is 4.79 Å². The van der Waals surface area contributed by atoms with E-state index in [2.05, 4.69) is 29.6 Å². The van der Waals surface area contributed by atoms with Crippen LogP contribution < -0.4 is 0 Å². The van der Waals surface area contributed by atoms with Gasteiger partial charge in [0.1, 0.15) is 0 Å². The molecule has 0 atom stereocenters. The third-order valence-electron chi connectivity index (χ3n) is 4.32. The lowest BCUT2D eigenvalue weighted by molar-refractivity contribution is -0.133. The lowest BCUT2D eigenvalue weighted by atomic mass is 10.1. The van der Waals surface area contributed by atoms with Crippen LogP contribution in [0, 0.1) is 0 Å². The second-order valence-electron chi connectivity index (χ2n) is 5.99. The number of piperidine rings is 1. The van der Waals surface area contributed by atoms with Crippen molar-refractivity contribution >= 4 is 17.2 Å². The highest BCUT2D eigenvalue weighted by atomic mass is 32.1. The molecular formula is C19H23NO2S. The maximum atomic E-state index is 12.3. The van der Waals surface area contributed by atoms with E-state index in [4.69, 9.17) is 4.74 Å². The van der Waals surface area contributed by atoms with Gasteiger partial charge in [0.05, 0.1) is 19.1 Å². The van der Waals surface area contributed by atoms with Gasteiger partial charge in [0.15, 0.2) is 0 Å². The Labute approximate surface area is 141 Å². The van der Waals surface area contributed by atoms with Gasteiger partial charge in [-0.2, -0.15) is 11.3 Å². The third-order valence-corrected chi connectivity index (χ3v) is 5.05. The summed E-state index contributed by atoms with van der Waals surface area (Å²) in [5.41, 5.74) is 2.44. The first-order chi connectivity index (χ1) is 11.3. The first kappa shape index (κ1) is 16.2. The van der Waals surface area contributed by atoms with Crippen LogP contribution in [0.3, 0.4) is 0 Å². The van der Waals surface area contributed by atoms with E-state index in [1.54, 1.807) is 11.3 Å². The third kappa shape index (κ3) is 4.91. The molecule has 0 unspecified atom stereocenters. The monoisotopic (exact) mass is 329 g/mol. The number of nitrogens with zero attached hydrogens (tertiary/aromatic N) is 1. The van der Waals surface area contributed by atoms with E-state index in [1.165, 1.54) is 5.56 Å². The number of thiophene rings is 1. The summed E-state index contributed by atoms with van der Waals surface area (Å²) in [6.45, 7) is 2.40. The highest BCUT2D eigenvalue weighted by molar-refractivity contribution is 7.07. The van der Waals surface area contributed by atoms with Gasteiger partial charge in [0.2, 0.25) is 5.91 Å². The molecule has 4 heteroatoms. The molecule has 0 N–H and O–H groups in total. The number of amides is 1. The van der Waals surface area contributed by atoms with E-state index in [-0.39, 0.29) is 5.91 Å². The van der Waals surface area contributed by atoms with Gasteiger partial charge in [-0.1, -0.05) is 30.3 Å². The molecule has 0 spiro atoms. The molecule has 2 heterocycles. The number of hydrogen-bond donors (Lipinski definition) is 0. The maximum absolute atomic E-state index is 12.3. The van der Waals surface area contributed by atoms with Crippen molar-refractivity contribution in [2.75, 3.05) is 19.7 Å². The Bertz CT molecular complexity index is 589. The second-order valence-corrected chi connectivity index (χ2v) is 6.77. The molecule has 2 aromatic rings. The van der Waals surface area contributed by atoms with Crippen molar-refractivity contribution in [1.82, 2.24) is 4.90 Å². The first-order valence-electron chi connectivity index (χ1n) is 8.25. The van der Waals surface area contributed by atoms with Crippen LogP contribution in [0.25, 0.3) is 0 Å². The van der Waals surface area contributed by atoms with Gasteiger partial charge in [0.25, 0.3) is 0 Å². The van der Waals surface area contributed by atoms with Crippen molar-refractivity contribution in [3.63, 3.8) is 0 Å². The highest BCUT2D eigenvalue weighted by Gasteiger charge is 2.23. The molecule has 3 nitrogen and oxygen atoms in total. The van der Waals surface area contributed by atoms with Crippen LogP contribution in [0.5, 0.6) is 0 Å². The molecule has 0 radical (unpaired) electrons. The normalized spacial score (nSPS) is 15.7. The zero-order chi connectivity index (χ0) is 15.9. The smallest absolute Gasteiger partial charge is 0.227 e. The van der Waals surface area contributed by atoms with Crippen LogP contribution in [-0.4, -0.2) is 36.6 Å². The zero-order valence-corrected chi connectivity index (χ0v) is 14.1. The lowest BCUT2D eigenvalue weighted by Crippen LogP contribution is -2.41. The standard InChI is InChI=1S/C19H23NO2S/c21-19(14-17-9-13-23-15-17)20-10-6-18(7-11-20)22-12-8-16-4-2-1-3-5-16/h1-5,9,13,15,18H,6-8,10-12,14H2. The number of likely N-dealkylation sites (tertiary alicyclic amines) is 1. The van der Waals surface area contributed by atoms with Gasteiger partial charge in [-0.15, -0.1) is 0 Å². The minimum absolute atomic E-state index is 0.242. The van der Waals surface area contributed by atoms with Gasteiger partial charge in [-0.25, -0.2) is 0 Å². The van der Waals surface area contributed by atoms with E-state index >= 15 is 0 Å². The average molecular weight is 329 g/mol. The molecule has 1 aromatic carbocycles. The Morgan fingerprint density at radius 3 is 2.61 bits per heavy atom.